The lowest BCUT2D eigenvalue weighted by molar-refractivity contribution is 0.0992. The van der Waals surface area contributed by atoms with Crippen LogP contribution in [-0.4, -0.2) is 23.0 Å². The quantitative estimate of drug-likeness (QED) is 0.673. The molecule has 0 radical (unpaired) electrons. The van der Waals surface area contributed by atoms with E-state index in [-0.39, 0.29) is 16.7 Å². The van der Waals surface area contributed by atoms with E-state index >= 15 is 0 Å². The monoisotopic (exact) mass is 187 g/mol. The molecule has 0 aliphatic carbocycles. The first kappa shape index (κ1) is 8.73. The van der Waals surface area contributed by atoms with Crippen molar-refractivity contribution in [1.82, 2.24) is 9.97 Å². The fourth-order valence-corrected chi connectivity index (χ4v) is 0.808. The molecule has 12 heavy (non-hydrogen) atoms. The predicted molar refractivity (Wildman–Crippen MR) is 42.1 cm³/mol. The molecule has 0 saturated heterocycles. The van der Waals surface area contributed by atoms with E-state index in [1.54, 1.807) is 0 Å². The van der Waals surface area contributed by atoms with Crippen LogP contribution in [-0.2, 0) is 0 Å². The average molecular weight is 188 g/mol. The molecule has 0 unspecified atom stereocenters. The Kier molecular flexibility index (Phi) is 2.44. The number of aromatic nitrogens is 2. The zero-order chi connectivity index (χ0) is 9.14. The maximum atomic E-state index is 10.7. The lowest BCUT2D eigenvalue weighted by Crippen LogP contribution is -2.15. The van der Waals surface area contributed by atoms with Crippen molar-refractivity contribution in [2.75, 3.05) is 7.11 Å². The number of rotatable bonds is 2. The zero-order valence-corrected chi connectivity index (χ0v) is 7.00. The molecule has 6 heteroatoms. The second-order valence-corrected chi connectivity index (χ2v) is 2.26. The molecule has 1 amide bonds. The minimum atomic E-state index is -0.698. The van der Waals surface area contributed by atoms with Crippen molar-refractivity contribution in [1.29, 1.82) is 0 Å². The van der Waals surface area contributed by atoms with E-state index in [0.29, 0.717) is 0 Å². The predicted octanol–water partition coefficient (Wildman–Crippen LogP) is 0.237. The minimum absolute atomic E-state index is 0.0162. The third-order valence-electron chi connectivity index (χ3n) is 1.18. The Balaban J connectivity index is 3.21. The van der Waals surface area contributed by atoms with Gasteiger partial charge in [0.05, 0.1) is 13.3 Å². The molecule has 0 saturated carbocycles. The molecule has 0 aliphatic heterocycles. The lowest BCUT2D eigenvalue weighted by Gasteiger charge is -2.02. The highest BCUT2D eigenvalue weighted by atomic mass is 35.5. The fourth-order valence-electron chi connectivity index (χ4n) is 0.675. The topological polar surface area (TPSA) is 78.1 Å². The van der Waals surface area contributed by atoms with Gasteiger partial charge in [0.2, 0.25) is 5.28 Å². The van der Waals surface area contributed by atoms with E-state index in [9.17, 15) is 4.79 Å². The van der Waals surface area contributed by atoms with E-state index in [2.05, 4.69) is 9.97 Å². The molecular weight excluding hydrogens is 182 g/mol. The maximum Gasteiger partial charge on any atom is 0.271 e. The van der Waals surface area contributed by atoms with Crippen molar-refractivity contribution in [3.8, 4) is 5.75 Å². The first-order valence-corrected chi connectivity index (χ1v) is 3.39. The van der Waals surface area contributed by atoms with Gasteiger partial charge in [0.15, 0.2) is 11.4 Å². The first-order valence-electron chi connectivity index (χ1n) is 3.01. The number of hydrogen-bond acceptors (Lipinski definition) is 4. The molecule has 1 rings (SSSR count). The van der Waals surface area contributed by atoms with E-state index in [0.717, 1.165) is 0 Å². The zero-order valence-electron chi connectivity index (χ0n) is 6.24. The standard InChI is InChI=1S/C6H6ClN3O2/c1-12-3-2-9-6(7)10-4(3)5(8)11/h2H,1H3,(H2,8,11). The highest BCUT2D eigenvalue weighted by Gasteiger charge is 2.11. The lowest BCUT2D eigenvalue weighted by atomic mass is 10.3. The average Bonchev–Trinajstić information content (AvgIpc) is 2.04. The molecule has 0 bridgehead atoms. The number of carbonyl (C=O) groups is 1. The van der Waals surface area contributed by atoms with Crippen molar-refractivity contribution >= 4 is 17.5 Å². The summed E-state index contributed by atoms with van der Waals surface area (Å²) >= 11 is 5.43. The normalized spacial score (nSPS) is 9.50. The largest absolute Gasteiger partial charge is 0.493 e. The van der Waals surface area contributed by atoms with Gasteiger partial charge in [-0.2, -0.15) is 0 Å². The molecule has 0 fully saturated rings. The second-order valence-electron chi connectivity index (χ2n) is 1.92. The van der Waals surface area contributed by atoms with Crippen LogP contribution in [0, 0.1) is 0 Å². The van der Waals surface area contributed by atoms with Gasteiger partial charge in [0.25, 0.3) is 5.91 Å². The SMILES string of the molecule is COc1cnc(Cl)nc1C(N)=O. The number of amides is 1. The third kappa shape index (κ3) is 1.62. The summed E-state index contributed by atoms with van der Waals surface area (Å²) in [7, 11) is 1.39. The number of nitrogens with two attached hydrogens (primary N) is 1. The molecule has 64 valence electrons. The van der Waals surface area contributed by atoms with Gasteiger partial charge in [0.1, 0.15) is 0 Å². The van der Waals surface area contributed by atoms with Gasteiger partial charge in [0, 0.05) is 0 Å². The van der Waals surface area contributed by atoms with Gasteiger partial charge in [-0.25, -0.2) is 9.97 Å². The van der Waals surface area contributed by atoms with Gasteiger partial charge >= 0.3 is 0 Å². The van der Waals surface area contributed by atoms with Crippen LogP contribution in [0.25, 0.3) is 0 Å². The number of halogens is 1. The molecule has 0 aromatic carbocycles. The van der Waals surface area contributed by atoms with Crippen LogP contribution in [0.3, 0.4) is 0 Å². The van der Waals surface area contributed by atoms with Gasteiger partial charge < -0.3 is 10.5 Å². The van der Waals surface area contributed by atoms with Crippen LogP contribution < -0.4 is 10.5 Å². The fraction of sp³-hybridized carbons (Fsp3) is 0.167. The molecular formula is C6H6ClN3O2. The number of methoxy groups -OCH3 is 1. The van der Waals surface area contributed by atoms with Crippen molar-refractivity contribution in [2.24, 2.45) is 5.73 Å². The molecule has 0 spiro atoms. The summed E-state index contributed by atoms with van der Waals surface area (Å²) in [4.78, 5) is 17.9. The first-order chi connectivity index (χ1) is 5.65. The van der Waals surface area contributed by atoms with Crippen molar-refractivity contribution in [3.05, 3.63) is 17.2 Å². The van der Waals surface area contributed by atoms with E-state index < -0.39 is 5.91 Å². The van der Waals surface area contributed by atoms with Crippen LogP contribution in [0.15, 0.2) is 6.20 Å². The summed E-state index contributed by atoms with van der Waals surface area (Å²) in [5.41, 5.74) is 4.97. The summed E-state index contributed by atoms with van der Waals surface area (Å²) in [6.07, 6.45) is 1.29. The van der Waals surface area contributed by atoms with Gasteiger partial charge in [-0.1, -0.05) is 0 Å². The number of nitrogens with zero attached hydrogens (tertiary/aromatic N) is 2. The summed E-state index contributed by atoms with van der Waals surface area (Å²) in [5, 5.41) is -0.0374. The molecule has 2 N–H and O–H groups in total. The van der Waals surface area contributed by atoms with E-state index in [1.165, 1.54) is 13.3 Å². The van der Waals surface area contributed by atoms with Gasteiger partial charge in [-0.05, 0) is 11.6 Å². The van der Waals surface area contributed by atoms with Crippen molar-refractivity contribution < 1.29 is 9.53 Å². The van der Waals surface area contributed by atoms with Crippen LogP contribution in [0.2, 0.25) is 5.28 Å². The Morgan fingerprint density at radius 1 is 1.75 bits per heavy atom. The third-order valence-corrected chi connectivity index (χ3v) is 1.36. The Labute approximate surface area is 73.5 Å². The molecule has 0 aliphatic rings. The molecule has 1 heterocycles. The summed E-state index contributed by atoms with van der Waals surface area (Å²) < 4.78 is 4.78. The summed E-state index contributed by atoms with van der Waals surface area (Å²) in [6, 6.07) is 0. The smallest absolute Gasteiger partial charge is 0.271 e. The molecule has 1 aromatic heterocycles. The summed E-state index contributed by atoms with van der Waals surface area (Å²) in [5.74, 6) is -0.483. The van der Waals surface area contributed by atoms with Crippen molar-refractivity contribution in [2.45, 2.75) is 0 Å². The molecule has 0 atom stereocenters. The van der Waals surface area contributed by atoms with E-state index in [1.807, 2.05) is 0 Å². The van der Waals surface area contributed by atoms with Crippen LogP contribution in [0.5, 0.6) is 5.75 Å². The number of hydrogen-bond donors (Lipinski definition) is 1. The number of primary amides is 1. The van der Waals surface area contributed by atoms with Crippen LogP contribution in [0.4, 0.5) is 0 Å². The molecule has 1 aromatic rings. The Morgan fingerprint density at radius 3 is 2.92 bits per heavy atom. The van der Waals surface area contributed by atoms with Crippen LogP contribution >= 0.6 is 11.6 Å². The highest BCUT2D eigenvalue weighted by Crippen LogP contribution is 2.15. The maximum absolute atomic E-state index is 10.7. The van der Waals surface area contributed by atoms with Gasteiger partial charge in [-0.3, -0.25) is 4.79 Å². The van der Waals surface area contributed by atoms with E-state index in [4.69, 9.17) is 22.1 Å². The second kappa shape index (κ2) is 3.36. The molecule has 5 nitrogen and oxygen atoms in total. The minimum Gasteiger partial charge on any atom is -0.493 e. The Hall–Kier alpha value is -1.36. The number of carbonyl (C=O) groups excluding carboxylic acids is 1. The van der Waals surface area contributed by atoms with Crippen LogP contribution in [0.1, 0.15) is 10.5 Å². The number of ether oxygens (including phenoxy) is 1. The summed E-state index contributed by atoms with van der Waals surface area (Å²) in [6.45, 7) is 0. The van der Waals surface area contributed by atoms with Crippen molar-refractivity contribution in [3.63, 3.8) is 0 Å². The van der Waals surface area contributed by atoms with Gasteiger partial charge in [-0.15, -0.1) is 0 Å². The highest BCUT2D eigenvalue weighted by molar-refractivity contribution is 6.28. The Bertz CT molecular complexity index is 316. The Morgan fingerprint density at radius 2 is 2.42 bits per heavy atom.